The van der Waals surface area contributed by atoms with Crippen molar-refractivity contribution in [1.29, 1.82) is 0 Å². The Bertz CT molecular complexity index is 943. The Balaban J connectivity index is 2.84. The quantitative estimate of drug-likeness (QED) is 0.207. The summed E-state index contributed by atoms with van der Waals surface area (Å²) < 4.78 is 21.6. The summed E-state index contributed by atoms with van der Waals surface area (Å²) in [6.45, 7) is 13.4. The predicted molar refractivity (Wildman–Crippen MR) is 148 cm³/mol. The largest absolute Gasteiger partial charge is 0.461 e. The van der Waals surface area contributed by atoms with Crippen LogP contribution in [0, 0.1) is 17.8 Å². The lowest BCUT2D eigenvalue weighted by Crippen LogP contribution is -2.36. The highest BCUT2D eigenvalue weighted by atomic mass is 16.6. The Morgan fingerprint density at radius 3 is 1.90 bits per heavy atom. The molecule has 0 aromatic heterocycles. The maximum atomic E-state index is 12.5. The fourth-order valence-corrected chi connectivity index (χ4v) is 3.55. The summed E-state index contributed by atoms with van der Waals surface area (Å²) in [4.78, 5) is 49.3. The molecule has 0 spiro atoms. The van der Waals surface area contributed by atoms with Crippen molar-refractivity contribution in [2.75, 3.05) is 6.61 Å². The van der Waals surface area contributed by atoms with Crippen LogP contribution in [0.15, 0.2) is 18.2 Å². The van der Waals surface area contributed by atoms with Crippen LogP contribution >= 0.6 is 0 Å². The topological polar surface area (TPSA) is 131 Å². The van der Waals surface area contributed by atoms with E-state index in [0.717, 1.165) is 12.8 Å². The van der Waals surface area contributed by atoms with Crippen LogP contribution in [0.25, 0.3) is 0 Å². The van der Waals surface area contributed by atoms with Gasteiger partial charge in [-0.2, -0.15) is 0 Å². The molecule has 0 fully saturated rings. The highest BCUT2D eigenvalue weighted by Gasteiger charge is 2.22. The third-order valence-corrected chi connectivity index (χ3v) is 5.97. The molecule has 3 atom stereocenters. The molecule has 0 aliphatic heterocycles. The van der Waals surface area contributed by atoms with Crippen molar-refractivity contribution in [3.05, 3.63) is 23.8 Å². The minimum atomic E-state index is -1.00. The number of ether oxygens (including phenoxy) is 4. The van der Waals surface area contributed by atoms with Gasteiger partial charge in [0.2, 0.25) is 0 Å². The van der Waals surface area contributed by atoms with Crippen LogP contribution in [0.2, 0.25) is 0 Å². The molecular formula is C30H47NO8. The molecule has 0 saturated carbocycles. The summed E-state index contributed by atoms with van der Waals surface area (Å²) in [5.74, 6) is -1.17. The summed E-state index contributed by atoms with van der Waals surface area (Å²) in [7, 11) is 0. The van der Waals surface area contributed by atoms with Gasteiger partial charge in [0.05, 0.1) is 5.92 Å². The molecule has 9 nitrogen and oxygen atoms in total. The van der Waals surface area contributed by atoms with Crippen molar-refractivity contribution in [1.82, 2.24) is 0 Å². The lowest BCUT2D eigenvalue weighted by molar-refractivity contribution is -0.161. The van der Waals surface area contributed by atoms with Gasteiger partial charge in [0.1, 0.15) is 18.8 Å². The van der Waals surface area contributed by atoms with E-state index in [1.165, 1.54) is 6.07 Å². The van der Waals surface area contributed by atoms with Gasteiger partial charge in [-0.3, -0.25) is 19.2 Å². The second-order valence-electron chi connectivity index (χ2n) is 11.0. The molecule has 0 amide bonds. The number of nitrogens with two attached hydrogens (primary N) is 1. The fraction of sp³-hybridized carbons (Fsp3) is 0.667. The van der Waals surface area contributed by atoms with Crippen molar-refractivity contribution >= 4 is 23.9 Å². The van der Waals surface area contributed by atoms with Gasteiger partial charge in [0.25, 0.3) is 0 Å². The standard InChI is InChI=1S/C30H47NO8/c1-8-9-21(6)29(34)37-22(7)18-36-30(35)24(31)16-23-12-13-25(38-27(32)14-10-19(2)3)26(17-23)39-28(33)15-11-20(4)5/h12-13,17,19-22,24H,8-11,14-16,18,31H2,1-7H3/t21?,22-,24-/m0/s1. The molecule has 0 radical (unpaired) electrons. The zero-order chi connectivity index (χ0) is 29.5. The molecule has 0 saturated heterocycles. The SMILES string of the molecule is CCCC(C)C(=O)O[C@@H](C)COC(=O)[C@@H](N)Cc1ccc(OC(=O)CCC(C)C)c(OC(=O)CCC(C)C)c1. The summed E-state index contributed by atoms with van der Waals surface area (Å²) >= 11 is 0. The molecule has 1 aromatic rings. The number of benzene rings is 1. The van der Waals surface area contributed by atoms with E-state index < -0.39 is 30.1 Å². The van der Waals surface area contributed by atoms with Crippen LogP contribution in [0.4, 0.5) is 0 Å². The first kappa shape index (κ1) is 34.1. The fourth-order valence-electron chi connectivity index (χ4n) is 3.55. The Morgan fingerprint density at radius 2 is 1.36 bits per heavy atom. The molecule has 220 valence electrons. The Hall–Kier alpha value is -2.94. The van der Waals surface area contributed by atoms with Gasteiger partial charge >= 0.3 is 23.9 Å². The molecule has 0 heterocycles. The van der Waals surface area contributed by atoms with Crippen molar-refractivity contribution in [3.8, 4) is 11.5 Å². The van der Waals surface area contributed by atoms with Gasteiger partial charge in [-0.25, -0.2) is 0 Å². The van der Waals surface area contributed by atoms with Crippen molar-refractivity contribution < 1.29 is 38.1 Å². The number of esters is 4. The van der Waals surface area contributed by atoms with E-state index in [0.29, 0.717) is 30.2 Å². The van der Waals surface area contributed by atoms with E-state index in [2.05, 4.69) is 0 Å². The van der Waals surface area contributed by atoms with Crippen LogP contribution < -0.4 is 15.2 Å². The number of hydrogen-bond acceptors (Lipinski definition) is 9. The van der Waals surface area contributed by atoms with E-state index in [1.807, 2.05) is 34.6 Å². The number of carbonyl (C=O) groups is 4. The molecule has 1 aromatic carbocycles. The Morgan fingerprint density at radius 1 is 0.795 bits per heavy atom. The first-order chi connectivity index (χ1) is 18.3. The zero-order valence-electron chi connectivity index (χ0n) is 24.6. The second kappa shape index (κ2) is 17.6. The summed E-state index contributed by atoms with van der Waals surface area (Å²) in [6, 6.07) is 3.73. The van der Waals surface area contributed by atoms with Gasteiger partial charge in [0.15, 0.2) is 11.5 Å². The number of rotatable bonds is 17. The van der Waals surface area contributed by atoms with Crippen molar-refractivity contribution in [3.63, 3.8) is 0 Å². The molecule has 1 unspecified atom stereocenters. The van der Waals surface area contributed by atoms with E-state index in [1.54, 1.807) is 26.0 Å². The maximum absolute atomic E-state index is 12.5. The van der Waals surface area contributed by atoms with E-state index in [4.69, 9.17) is 24.7 Å². The van der Waals surface area contributed by atoms with Gasteiger partial charge in [-0.05, 0) is 62.1 Å². The van der Waals surface area contributed by atoms with Crippen LogP contribution in [0.5, 0.6) is 11.5 Å². The van der Waals surface area contributed by atoms with E-state index in [-0.39, 0.29) is 49.3 Å². The lowest BCUT2D eigenvalue weighted by Gasteiger charge is -2.18. The second-order valence-corrected chi connectivity index (χ2v) is 11.0. The minimum absolute atomic E-state index is 0.0959. The first-order valence-corrected chi connectivity index (χ1v) is 14.0. The molecule has 0 aliphatic rings. The van der Waals surface area contributed by atoms with Gasteiger partial charge in [-0.1, -0.05) is 54.0 Å². The molecule has 1 rings (SSSR count). The highest BCUT2D eigenvalue weighted by Crippen LogP contribution is 2.30. The average Bonchev–Trinajstić information content (AvgIpc) is 2.86. The summed E-state index contributed by atoms with van der Waals surface area (Å²) in [5, 5.41) is 0. The highest BCUT2D eigenvalue weighted by molar-refractivity contribution is 5.77. The van der Waals surface area contributed by atoms with Crippen LogP contribution in [-0.2, 0) is 35.1 Å². The molecule has 0 bridgehead atoms. The number of carbonyl (C=O) groups excluding carboxylic acids is 4. The van der Waals surface area contributed by atoms with Crippen LogP contribution in [0.3, 0.4) is 0 Å². The lowest BCUT2D eigenvalue weighted by atomic mass is 10.1. The smallest absolute Gasteiger partial charge is 0.323 e. The third kappa shape index (κ3) is 14.1. The monoisotopic (exact) mass is 549 g/mol. The zero-order valence-corrected chi connectivity index (χ0v) is 24.6. The normalized spacial score (nSPS) is 13.5. The Kier molecular flexibility index (Phi) is 15.4. The summed E-state index contributed by atoms with van der Waals surface area (Å²) in [6.07, 6.45) is 2.87. The van der Waals surface area contributed by atoms with Gasteiger partial charge in [-0.15, -0.1) is 0 Å². The molecule has 0 aliphatic carbocycles. The van der Waals surface area contributed by atoms with E-state index in [9.17, 15) is 19.2 Å². The van der Waals surface area contributed by atoms with Gasteiger partial charge < -0.3 is 24.7 Å². The van der Waals surface area contributed by atoms with E-state index >= 15 is 0 Å². The van der Waals surface area contributed by atoms with Crippen LogP contribution in [0.1, 0.15) is 92.6 Å². The molecular weight excluding hydrogens is 502 g/mol. The third-order valence-electron chi connectivity index (χ3n) is 5.97. The number of hydrogen-bond donors (Lipinski definition) is 1. The van der Waals surface area contributed by atoms with Crippen LogP contribution in [-0.4, -0.2) is 42.6 Å². The molecule has 9 heteroatoms. The van der Waals surface area contributed by atoms with Crippen molar-refractivity contribution in [2.45, 2.75) is 106 Å². The summed E-state index contributed by atoms with van der Waals surface area (Å²) in [5.41, 5.74) is 6.67. The van der Waals surface area contributed by atoms with Crippen molar-refractivity contribution in [2.24, 2.45) is 23.5 Å². The molecule has 2 N–H and O–H groups in total. The maximum Gasteiger partial charge on any atom is 0.323 e. The van der Waals surface area contributed by atoms with Gasteiger partial charge in [0, 0.05) is 12.8 Å². The minimum Gasteiger partial charge on any atom is -0.461 e. The predicted octanol–water partition coefficient (Wildman–Crippen LogP) is 5.15. The average molecular weight is 550 g/mol. The first-order valence-electron chi connectivity index (χ1n) is 14.0. The Labute approximate surface area is 233 Å². The molecule has 39 heavy (non-hydrogen) atoms.